The zero-order valence-corrected chi connectivity index (χ0v) is 17.8. The maximum absolute atomic E-state index is 5.56. The molecule has 0 spiro atoms. The molecule has 6 heteroatoms. The van der Waals surface area contributed by atoms with Gasteiger partial charge in [-0.25, -0.2) is 0 Å². The number of aliphatic imine (C=N–C) groups is 1. The zero-order chi connectivity index (χ0) is 19.1. The summed E-state index contributed by atoms with van der Waals surface area (Å²) in [5.41, 5.74) is 0. The first kappa shape index (κ1) is 20.5. The van der Waals surface area contributed by atoms with Gasteiger partial charge in [-0.15, -0.1) is 11.8 Å². The minimum Gasteiger partial charge on any atom is -0.379 e. The summed E-state index contributed by atoms with van der Waals surface area (Å²) in [4.78, 5) is 10.9. The first-order chi connectivity index (χ1) is 13.2. The number of hydrogen-bond donors (Lipinski definition) is 1. The van der Waals surface area contributed by atoms with Crippen molar-refractivity contribution >= 4 is 17.7 Å². The molecule has 0 radical (unpaired) electrons. The summed E-state index contributed by atoms with van der Waals surface area (Å²) in [5.74, 6) is 2.96. The molecule has 3 atom stereocenters. The average Bonchev–Trinajstić information content (AvgIpc) is 3.17. The van der Waals surface area contributed by atoms with Crippen LogP contribution in [-0.4, -0.2) is 80.0 Å². The van der Waals surface area contributed by atoms with Gasteiger partial charge in [-0.3, -0.25) is 9.89 Å². The van der Waals surface area contributed by atoms with Gasteiger partial charge in [0.15, 0.2) is 5.96 Å². The highest BCUT2D eigenvalue weighted by molar-refractivity contribution is 7.99. The van der Waals surface area contributed by atoms with Crippen LogP contribution in [0.3, 0.4) is 0 Å². The summed E-state index contributed by atoms with van der Waals surface area (Å²) >= 11 is 1.97. The van der Waals surface area contributed by atoms with E-state index >= 15 is 0 Å². The van der Waals surface area contributed by atoms with E-state index in [9.17, 15) is 0 Å². The average molecular weight is 391 g/mol. The van der Waals surface area contributed by atoms with Crippen molar-refractivity contribution in [3.8, 4) is 0 Å². The largest absolute Gasteiger partial charge is 0.379 e. The smallest absolute Gasteiger partial charge is 0.193 e. The number of thioether (sulfide) groups is 1. The third-order valence-electron chi connectivity index (χ3n) is 5.57. The maximum Gasteiger partial charge on any atom is 0.193 e. The molecule has 3 unspecified atom stereocenters. The summed E-state index contributed by atoms with van der Waals surface area (Å²) in [6.45, 7) is 10.4. The highest BCUT2D eigenvalue weighted by atomic mass is 32.2. The zero-order valence-electron chi connectivity index (χ0n) is 16.9. The van der Waals surface area contributed by atoms with Gasteiger partial charge >= 0.3 is 0 Å². The van der Waals surface area contributed by atoms with Gasteiger partial charge in [0.25, 0.3) is 0 Å². The molecule has 3 rings (SSSR count). The lowest BCUT2D eigenvalue weighted by Gasteiger charge is -2.38. The minimum atomic E-state index is 0.479. The summed E-state index contributed by atoms with van der Waals surface area (Å²) in [6.07, 6.45) is 1.25. The van der Waals surface area contributed by atoms with Crippen LogP contribution in [0.25, 0.3) is 0 Å². The fourth-order valence-corrected chi connectivity index (χ4v) is 5.02. The van der Waals surface area contributed by atoms with E-state index in [2.05, 4.69) is 64.3 Å². The van der Waals surface area contributed by atoms with E-state index < -0.39 is 0 Å². The Kier molecular flexibility index (Phi) is 7.85. The fourth-order valence-electron chi connectivity index (χ4n) is 3.98. The molecule has 0 aliphatic carbocycles. The SMILES string of the molecule is CN=C(NCC(C)N1CCOCC1C)N1CCC(CSc2ccccc2)C1. The summed E-state index contributed by atoms with van der Waals surface area (Å²) in [7, 11) is 1.90. The molecule has 0 bridgehead atoms. The number of hydrogen-bond acceptors (Lipinski definition) is 4. The lowest BCUT2D eigenvalue weighted by Crippen LogP contribution is -2.53. The molecule has 2 aliphatic heterocycles. The second kappa shape index (κ2) is 10.3. The van der Waals surface area contributed by atoms with Crippen molar-refractivity contribution in [2.75, 3.05) is 52.2 Å². The van der Waals surface area contributed by atoms with E-state index in [0.717, 1.165) is 51.3 Å². The molecule has 2 fully saturated rings. The Bertz CT molecular complexity index is 597. The quantitative estimate of drug-likeness (QED) is 0.459. The van der Waals surface area contributed by atoms with Gasteiger partial charge in [-0.2, -0.15) is 0 Å². The second-order valence-corrected chi connectivity index (χ2v) is 8.76. The van der Waals surface area contributed by atoms with Crippen LogP contribution in [0.5, 0.6) is 0 Å². The van der Waals surface area contributed by atoms with Crippen LogP contribution < -0.4 is 5.32 Å². The normalized spacial score (nSPS) is 25.6. The van der Waals surface area contributed by atoms with E-state index in [-0.39, 0.29) is 0 Å². The monoisotopic (exact) mass is 390 g/mol. The van der Waals surface area contributed by atoms with E-state index in [1.54, 1.807) is 0 Å². The number of ether oxygens (including phenoxy) is 1. The lowest BCUT2D eigenvalue weighted by molar-refractivity contribution is -0.0174. The molecule has 0 amide bonds. The van der Waals surface area contributed by atoms with Crippen molar-refractivity contribution in [1.29, 1.82) is 0 Å². The molecule has 0 aromatic heterocycles. The highest BCUT2D eigenvalue weighted by Crippen LogP contribution is 2.25. The standard InChI is InChI=1S/C21H34N4OS/c1-17(25-11-12-26-15-18(25)2)13-23-21(22-3)24-10-9-19(14-24)16-27-20-7-5-4-6-8-20/h4-8,17-19H,9-16H2,1-3H3,(H,22,23). The minimum absolute atomic E-state index is 0.479. The van der Waals surface area contributed by atoms with Crippen molar-refractivity contribution in [2.24, 2.45) is 10.9 Å². The Morgan fingerprint density at radius 2 is 2.15 bits per heavy atom. The Hall–Kier alpha value is -1.24. The van der Waals surface area contributed by atoms with Gasteiger partial charge in [-0.05, 0) is 38.3 Å². The maximum atomic E-state index is 5.56. The van der Waals surface area contributed by atoms with Crippen LogP contribution in [0.2, 0.25) is 0 Å². The van der Waals surface area contributed by atoms with Crippen LogP contribution in [0.1, 0.15) is 20.3 Å². The van der Waals surface area contributed by atoms with Crippen molar-refractivity contribution in [3.63, 3.8) is 0 Å². The van der Waals surface area contributed by atoms with E-state index in [1.807, 2.05) is 18.8 Å². The number of likely N-dealkylation sites (tertiary alicyclic amines) is 1. The topological polar surface area (TPSA) is 40.1 Å². The number of guanidine groups is 1. The van der Waals surface area contributed by atoms with E-state index in [1.165, 1.54) is 17.1 Å². The predicted octanol–water partition coefficient (Wildman–Crippen LogP) is 2.79. The van der Waals surface area contributed by atoms with Crippen molar-refractivity contribution in [3.05, 3.63) is 30.3 Å². The Morgan fingerprint density at radius 3 is 2.89 bits per heavy atom. The molecule has 2 saturated heterocycles. The summed E-state index contributed by atoms with van der Waals surface area (Å²) in [6, 6.07) is 11.7. The molecule has 150 valence electrons. The van der Waals surface area contributed by atoms with Crippen LogP contribution in [0, 0.1) is 5.92 Å². The first-order valence-electron chi connectivity index (χ1n) is 10.1. The van der Waals surface area contributed by atoms with Gasteiger partial charge < -0.3 is 15.0 Å². The molecule has 2 heterocycles. The third-order valence-corrected chi connectivity index (χ3v) is 6.81. The summed E-state index contributed by atoms with van der Waals surface area (Å²) in [5, 5.41) is 3.61. The first-order valence-corrected chi connectivity index (χ1v) is 11.1. The number of nitrogens with zero attached hydrogens (tertiary/aromatic N) is 3. The van der Waals surface area contributed by atoms with Gasteiger partial charge in [0.1, 0.15) is 0 Å². The van der Waals surface area contributed by atoms with Gasteiger partial charge in [0.05, 0.1) is 13.2 Å². The van der Waals surface area contributed by atoms with Crippen LogP contribution in [0.15, 0.2) is 40.2 Å². The predicted molar refractivity (Wildman–Crippen MR) is 115 cm³/mol. The second-order valence-electron chi connectivity index (χ2n) is 7.66. The molecule has 1 N–H and O–H groups in total. The molecule has 27 heavy (non-hydrogen) atoms. The molecule has 5 nitrogen and oxygen atoms in total. The molecule has 1 aromatic carbocycles. The van der Waals surface area contributed by atoms with Gasteiger partial charge in [-0.1, -0.05) is 18.2 Å². The van der Waals surface area contributed by atoms with Crippen LogP contribution in [0.4, 0.5) is 0 Å². The van der Waals surface area contributed by atoms with E-state index in [4.69, 9.17) is 4.74 Å². The number of nitrogens with one attached hydrogen (secondary N) is 1. The van der Waals surface area contributed by atoms with Crippen molar-refractivity contribution < 1.29 is 4.74 Å². The van der Waals surface area contributed by atoms with Crippen molar-refractivity contribution in [2.45, 2.75) is 37.2 Å². The summed E-state index contributed by atoms with van der Waals surface area (Å²) < 4.78 is 5.56. The molecule has 2 aliphatic rings. The Morgan fingerprint density at radius 1 is 1.33 bits per heavy atom. The Balaban J connectivity index is 1.43. The lowest BCUT2D eigenvalue weighted by atomic mass is 10.2. The van der Waals surface area contributed by atoms with Gasteiger partial charge in [0.2, 0.25) is 0 Å². The number of benzene rings is 1. The van der Waals surface area contributed by atoms with Crippen LogP contribution >= 0.6 is 11.8 Å². The van der Waals surface area contributed by atoms with Crippen molar-refractivity contribution in [1.82, 2.24) is 15.1 Å². The van der Waals surface area contributed by atoms with Crippen LogP contribution in [-0.2, 0) is 4.74 Å². The van der Waals surface area contributed by atoms with Gasteiger partial charge in [0, 0.05) is 56.0 Å². The number of morpholine rings is 1. The third kappa shape index (κ3) is 5.87. The molecule has 1 aromatic rings. The molecular weight excluding hydrogens is 356 g/mol. The molecule has 0 saturated carbocycles. The highest BCUT2D eigenvalue weighted by Gasteiger charge is 2.27. The molecular formula is C21H34N4OS. The number of rotatable bonds is 6. The fraction of sp³-hybridized carbons (Fsp3) is 0.667. The Labute approximate surface area is 168 Å². The van der Waals surface area contributed by atoms with E-state index in [0.29, 0.717) is 12.1 Å².